The predicted molar refractivity (Wildman–Crippen MR) is 79.2 cm³/mol. The molecule has 1 aliphatic carbocycles. The molecule has 0 amide bonds. The van der Waals surface area contributed by atoms with E-state index in [-0.39, 0.29) is 11.9 Å². The number of rotatable bonds is 4. The normalized spacial score (nSPS) is 21.4. The second-order valence-corrected chi connectivity index (χ2v) is 5.08. The lowest BCUT2D eigenvalue weighted by molar-refractivity contribution is -0.142. The van der Waals surface area contributed by atoms with E-state index in [1.165, 1.54) is 0 Å². The first kappa shape index (κ1) is 15.3. The minimum atomic E-state index is -0.395. The van der Waals surface area contributed by atoms with Gasteiger partial charge in [0.05, 0.1) is 5.57 Å². The molecule has 2 rings (SSSR count). The Bertz CT molecular complexity index is 576. The molecule has 1 aliphatic heterocycles. The van der Waals surface area contributed by atoms with Crippen LogP contribution in [0.1, 0.15) is 40.0 Å². The van der Waals surface area contributed by atoms with Gasteiger partial charge in [0.1, 0.15) is 11.9 Å². The Morgan fingerprint density at radius 1 is 1.52 bits per heavy atom. The quantitative estimate of drug-likeness (QED) is 0.588. The zero-order valence-corrected chi connectivity index (χ0v) is 12.6. The summed E-state index contributed by atoms with van der Waals surface area (Å²) in [5, 5.41) is 0. The SMILES string of the molecule is C/C=C(/C)C(=O)O[C@@H](/C=C1\OC(=O)C2=C1CCC=C2)CC. The van der Waals surface area contributed by atoms with E-state index in [1.807, 2.05) is 13.0 Å². The molecule has 0 aromatic heterocycles. The van der Waals surface area contributed by atoms with Gasteiger partial charge in [-0.3, -0.25) is 0 Å². The fraction of sp³-hybridized carbons (Fsp3) is 0.412. The molecule has 0 fully saturated rings. The molecule has 0 spiro atoms. The Balaban J connectivity index is 2.18. The molecule has 0 aromatic rings. The summed E-state index contributed by atoms with van der Waals surface area (Å²) < 4.78 is 10.7. The van der Waals surface area contributed by atoms with Crippen LogP contribution in [0, 0.1) is 0 Å². The first-order valence-electron chi connectivity index (χ1n) is 7.24. The predicted octanol–water partition coefficient (Wildman–Crippen LogP) is 3.36. The van der Waals surface area contributed by atoms with Gasteiger partial charge in [0, 0.05) is 11.1 Å². The molecule has 1 heterocycles. The Hall–Kier alpha value is -2.10. The summed E-state index contributed by atoms with van der Waals surface area (Å²) in [6.07, 6.45) is 9.12. The highest BCUT2D eigenvalue weighted by Gasteiger charge is 2.30. The first-order valence-corrected chi connectivity index (χ1v) is 7.24. The smallest absolute Gasteiger partial charge is 0.343 e. The van der Waals surface area contributed by atoms with Gasteiger partial charge in [0.2, 0.25) is 0 Å². The molecule has 2 aliphatic rings. The zero-order chi connectivity index (χ0) is 15.4. The van der Waals surface area contributed by atoms with Crippen molar-refractivity contribution in [1.82, 2.24) is 0 Å². The van der Waals surface area contributed by atoms with Gasteiger partial charge in [-0.05, 0) is 39.2 Å². The fourth-order valence-electron chi connectivity index (χ4n) is 2.21. The van der Waals surface area contributed by atoms with Crippen LogP contribution in [0.5, 0.6) is 0 Å². The summed E-state index contributed by atoms with van der Waals surface area (Å²) >= 11 is 0. The molecule has 0 radical (unpaired) electrons. The van der Waals surface area contributed by atoms with E-state index >= 15 is 0 Å². The number of hydrogen-bond acceptors (Lipinski definition) is 4. The van der Waals surface area contributed by atoms with Crippen LogP contribution in [-0.2, 0) is 19.1 Å². The fourth-order valence-corrected chi connectivity index (χ4v) is 2.21. The van der Waals surface area contributed by atoms with Crippen LogP contribution < -0.4 is 0 Å². The Labute approximate surface area is 124 Å². The molecular formula is C17H20O4. The third-order valence-corrected chi connectivity index (χ3v) is 3.64. The molecule has 4 nitrogen and oxygen atoms in total. The van der Waals surface area contributed by atoms with Crippen molar-refractivity contribution < 1.29 is 19.1 Å². The molecule has 0 bridgehead atoms. The van der Waals surface area contributed by atoms with Gasteiger partial charge < -0.3 is 9.47 Å². The maximum atomic E-state index is 11.8. The van der Waals surface area contributed by atoms with E-state index in [4.69, 9.17) is 9.47 Å². The van der Waals surface area contributed by atoms with Gasteiger partial charge in [-0.1, -0.05) is 25.2 Å². The Kier molecular flexibility index (Phi) is 4.78. The van der Waals surface area contributed by atoms with Crippen molar-refractivity contribution in [3.63, 3.8) is 0 Å². The van der Waals surface area contributed by atoms with Crippen LogP contribution in [0.3, 0.4) is 0 Å². The number of carbonyl (C=O) groups excluding carboxylic acids is 2. The van der Waals surface area contributed by atoms with Crippen molar-refractivity contribution in [2.45, 2.75) is 46.1 Å². The van der Waals surface area contributed by atoms with Crippen LogP contribution >= 0.6 is 0 Å². The van der Waals surface area contributed by atoms with Crippen LogP contribution in [0.4, 0.5) is 0 Å². The summed E-state index contributed by atoms with van der Waals surface area (Å²) in [6.45, 7) is 5.43. The standard InChI is InChI=1S/C17H20O4/c1-4-11(3)16(18)20-12(5-2)10-15-13-8-6-7-9-14(13)17(19)21-15/h4,7,9-10,12H,5-6,8H2,1-3H3/b11-4-,15-10-/t12-/m1/s1. The first-order chi connectivity index (χ1) is 10.1. The van der Waals surface area contributed by atoms with Crippen LogP contribution in [0.2, 0.25) is 0 Å². The van der Waals surface area contributed by atoms with E-state index in [0.717, 1.165) is 18.4 Å². The molecule has 112 valence electrons. The maximum absolute atomic E-state index is 11.8. The molecule has 0 saturated heterocycles. The summed E-state index contributed by atoms with van der Waals surface area (Å²) in [7, 11) is 0. The van der Waals surface area contributed by atoms with E-state index in [9.17, 15) is 9.59 Å². The number of ether oxygens (including phenoxy) is 2. The zero-order valence-electron chi connectivity index (χ0n) is 12.6. The number of cyclic esters (lactones) is 1. The Morgan fingerprint density at radius 3 is 2.95 bits per heavy atom. The lowest BCUT2D eigenvalue weighted by atomic mass is 9.97. The lowest BCUT2D eigenvalue weighted by Crippen LogP contribution is -2.17. The summed E-state index contributed by atoms with van der Waals surface area (Å²) in [4.78, 5) is 23.6. The average Bonchev–Trinajstić information content (AvgIpc) is 2.82. The highest BCUT2D eigenvalue weighted by molar-refractivity contribution is 5.97. The van der Waals surface area contributed by atoms with Crippen molar-refractivity contribution in [3.05, 3.63) is 46.8 Å². The second kappa shape index (κ2) is 6.57. The minimum Gasteiger partial charge on any atom is -0.455 e. The molecule has 0 unspecified atom stereocenters. The average molecular weight is 288 g/mol. The van der Waals surface area contributed by atoms with Crippen molar-refractivity contribution in [3.8, 4) is 0 Å². The largest absolute Gasteiger partial charge is 0.455 e. The van der Waals surface area contributed by atoms with E-state index in [2.05, 4.69) is 0 Å². The Morgan fingerprint density at radius 2 is 2.29 bits per heavy atom. The number of allylic oxidation sites excluding steroid dienone is 3. The van der Waals surface area contributed by atoms with Gasteiger partial charge >= 0.3 is 11.9 Å². The van der Waals surface area contributed by atoms with Crippen molar-refractivity contribution in [2.75, 3.05) is 0 Å². The summed E-state index contributed by atoms with van der Waals surface area (Å²) in [5.41, 5.74) is 2.11. The third kappa shape index (κ3) is 3.32. The van der Waals surface area contributed by atoms with E-state index < -0.39 is 6.10 Å². The van der Waals surface area contributed by atoms with Gasteiger partial charge in [-0.25, -0.2) is 9.59 Å². The van der Waals surface area contributed by atoms with Gasteiger partial charge in [-0.2, -0.15) is 0 Å². The van der Waals surface area contributed by atoms with Crippen molar-refractivity contribution in [2.24, 2.45) is 0 Å². The van der Waals surface area contributed by atoms with Crippen LogP contribution in [0.15, 0.2) is 46.8 Å². The number of esters is 2. The lowest BCUT2D eigenvalue weighted by Gasteiger charge is -2.14. The second-order valence-electron chi connectivity index (χ2n) is 5.08. The molecule has 1 atom stereocenters. The van der Waals surface area contributed by atoms with Crippen molar-refractivity contribution >= 4 is 11.9 Å². The molecular weight excluding hydrogens is 268 g/mol. The van der Waals surface area contributed by atoms with Gasteiger partial charge in [0.15, 0.2) is 0 Å². The molecule has 4 heteroatoms. The molecule has 21 heavy (non-hydrogen) atoms. The third-order valence-electron chi connectivity index (χ3n) is 3.64. The van der Waals surface area contributed by atoms with E-state index in [0.29, 0.717) is 23.3 Å². The minimum absolute atomic E-state index is 0.321. The monoisotopic (exact) mass is 288 g/mol. The topological polar surface area (TPSA) is 52.6 Å². The summed E-state index contributed by atoms with van der Waals surface area (Å²) in [5.74, 6) is -0.126. The maximum Gasteiger partial charge on any atom is 0.343 e. The van der Waals surface area contributed by atoms with Crippen LogP contribution in [-0.4, -0.2) is 18.0 Å². The molecule has 0 N–H and O–H groups in total. The molecule has 0 saturated carbocycles. The molecule has 0 aromatic carbocycles. The van der Waals surface area contributed by atoms with Crippen LogP contribution in [0.25, 0.3) is 0 Å². The highest BCUT2D eigenvalue weighted by Crippen LogP contribution is 2.34. The van der Waals surface area contributed by atoms with E-state index in [1.54, 1.807) is 32.1 Å². The number of carbonyl (C=O) groups is 2. The van der Waals surface area contributed by atoms with Crippen molar-refractivity contribution in [1.29, 1.82) is 0 Å². The number of hydrogen-bond donors (Lipinski definition) is 0. The summed E-state index contributed by atoms with van der Waals surface area (Å²) in [6, 6.07) is 0. The highest BCUT2D eigenvalue weighted by atomic mass is 16.6. The van der Waals surface area contributed by atoms with Gasteiger partial charge in [-0.15, -0.1) is 0 Å². The van der Waals surface area contributed by atoms with Gasteiger partial charge in [0.25, 0.3) is 0 Å².